The summed E-state index contributed by atoms with van der Waals surface area (Å²) in [6.45, 7) is 1.28. The van der Waals surface area contributed by atoms with E-state index in [2.05, 4.69) is 5.32 Å². The normalized spacial score (nSPS) is 11.8. The quantitative estimate of drug-likeness (QED) is 0.798. The predicted octanol–water partition coefficient (Wildman–Crippen LogP) is 1.57. The average Bonchev–Trinajstić information content (AvgIpc) is 2.37. The fourth-order valence-electron chi connectivity index (χ4n) is 1.34. The number of benzene rings is 1. The molecule has 1 atom stereocenters. The zero-order valence-electron chi connectivity index (χ0n) is 10.9. The molecule has 110 valence electrons. The van der Waals surface area contributed by atoms with E-state index in [9.17, 15) is 18.4 Å². The highest BCUT2D eigenvalue weighted by Gasteiger charge is 2.11. The van der Waals surface area contributed by atoms with Gasteiger partial charge in [0.1, 0.15) is 5.82 Å². The van der Waals surface area contributed by atoms with Crippen molar-refractivity contribution in [2.24, 2.45) is 5.92 Å². The lowest BCUT2D eigenvalue weighted by atomic mass is 10.1. The molecule has 0 spiro atoms. The first-order valence-electron chi connectivity index (χ1n) is 5.97. The zero-order chi connectivity index (χ0) is 15.1. The number of carboxylic acid groups (broad SMARTS) is 1. The lowest BCUT2D eigenvalue weighted by molar-refractivity contribution is -0.141. The Kier molecular flexibility index (Phi) is 5.89. The molecular weight excluding hydrogens is 272 g/mol. The van der Waals surface area contributed by atoms with Crippen LogP contribution in [-0.4, -0.2) is 30.1 Å². The molecule has 0 saturated carbocycles. The van der Waals surface area contributed by atoms with Crippen LogP contribution in [0.1, 0.15) is 13.3 Å². The van der Waals surface area contributed by atoms with Gasteiger partial charge in [-0.2, -0.15) is 0 Å². The van der Waals surface area contributed by atoms with E-state index in [4.69, 9.17) is 9.84 Å². The third-order valence-corrected chi connectivity index (χ3v) is 2.57. The van der Waals surface area contributed by atoms with Crippen LogP contribution in [0, 0.1) is 17.6 Å². The van der Waals surface area contributed by atoms with Gasteiger partial charge in [0.25, 0.3) is 5.91 Å². The number of carboxylic acids is 1. The summed E-state index contributed by atoms with van der Waals surface area (Å²) >= 11 is 0. The van der Waals surface area contributed by atoms with Gasteiger partial charge in [-0.15, -0.1) is 0 Å². The number of nitrogens with one attached hydrogen (secondary N) is 1. The number of carbonyl (C=O) groups excluding carboxylic acids is 1. The van der Waals surface area contributed by atoms with Crippen LogP contribution in [0.5, 0.6) is 5.75 Å². The van der Waals surface area contributed by atoms with E-state index in [1.807, 2.05) is 0 Å². The van der Waals surface area contributed by atoms with E-state index in [-0.39, 0.29) is 18.7 Å². The zero-order valence-corrected chi connectivity index (χ0v) is 10.9. The second-order valence-electron chi connectivity index (χ2n) is 4.24. The maximum Gasteiger partial charge on any atom is 0.306 e. The van der Waals surface area contributed by atoms with Gasteiger partial charge in [0.05, 0.1) is 5.92 Å². The number of ether oxygens (including phenoxy) is 1. The highest BCUT2D eigenvalue weighted by molar-refractivity contribution is 5.77. The molecule has 0 aliphatic rings. The number of hydrogen-bond acceptors (Lipinski definition) is 3. The van der Waals surface area contributed by atoms with E-state index < -0.39 is 36.0 Å². The van der Waals surface area contributed by atoms with Crippen molar-refractivity contribution >= 4 is 11.9 Å². The molecule has 2 N–H and O–H groups in total. The van der Waals surface area contributed by atoms with Gasteiger partial charge >= 0.3 is 5.97 Å². The van der Waals surface area contributed by atoms with Crippen molar-refractivity contribution in [3.8, 4) is 5.75 Å². The van der Waals surface area contributed by atoms with Crippen LogP contribution in [0.15, 0.2) is 18.2 Å². The SMILES string of the molecule is CC(CCNC(=O)COc1ccc(F)cc1F)C(=O)O. The molecule has 1 rings (SSSR count). The van der Waals surface area contributed by atoms with Gasteiger partial charge in [0, 0.05) is 12.6 Å². The van der Waals surface area contributed by atoms with E-state index in [1.54, 1.807) is 0 Å². The van der Waals surface area contributed by atoms with Crippen molar-refractivity contribution < 1.29 is 28.2 Å². The Morgan fingerprint density at radius 3 is 2.70 bits per heavy atom. The minimum atomic E-state index is -0.941. The Morgan fingerprint density at radius 1 is 1.40 bits per heavy atom. The maximum absolute atomic E-state index is 13.2. The molecule has 0 bridgehead atoms. The van der Waals surface area contributed by atoms with Gasteiger partial charge in [-0.25, -0.2) is 8.78 Å². The molecule has 0 heterocycles. The summed E-state index contributed by atoms with van der Waals surface area (Å²) in [5, 5.41) is 11.1. The maximum atomic E-state index is 13.2. The topological polar surface area (TPSA) is 75.6 Å². The molecule has 1 amide bonds. The minimum absolute atomic E-state index is 0.182. The Labute approximate surface area is 114 Å². The largest absolute Gasteiger partial charge is 0.481 e. The van der Waals surface area contributed by atoms with Crippen molar-refractivity contribution in [2.75, 3.05) is 13.2 Å². The molecule has 0 aliphatic carbocycles. The summed E-state index contributed by atoms with van der Waals surface area (Å²) in [4.78, 5) is 21.9. The van der Waals surface area contributed by atoms with Gasteiger partial charge in [0.15, 0.2) is 18.2 Å². The number of amides is 1. The highest BCUT2D eigenvalue weighted by Crippen LogP contribution is 2.17. The standard InChI is InChI=1S/C13H15F2NO4/c1-8(13(18)19)4-5-16-12(17)7-20-11-3-2-9(14)6-10(11)15/h2-3,6,8H,4-5,7H2,1H3,(H,16,17)(H,18,19). The molecular formula is C13H15F2NO4. The Hall–Kier alpha value is -2.18. The third kappa shape index (κ3) is 5.21. The highest BCUT2D eigenvalue weighted by atomic mass is 19.1. The van der Waals surface area contributed by atoms with Gasteiger partial charge in [-0.05, 0) is 18.6 Å². The van der Waals surface area contributed by atoms with Crippen molar-refractivity contribution in [1.29, 1.82) is 0 Å². The lowest BCUT2D eigenvalue weighted by Crippen LogP contribution is -2.31. The Morgan fingerprint density at radius 2 is 2.10 bits per heavy atom. The molecule has 1 unspecified atom stereocenters. The smallest absolute Gasteiger partial charge is 0.306 e. The fraction of sp³-hybridized carbons (Fsp3) is 0.385. The molecule has 1 aromatic rings. The predicted molar refractivity (Wildman–Crippen MR) is 66.3 cm³/mol. The van der Waals surface area contributed by atoms with Crippen molar-refractivity contribution in [3.05, 3.63) is 29.8 Å². The summed E-state index contributed by atoms with van der Waals surface area (Å²) in [6.07, 6.45) is 0.284. The Bertz CT molecular complexity index is 493. The summed E-state index contributed by atoms with van der Waals surface area (Å²) in [5.74, 6) is -3.86. The summed E-state index contributed by atoms with van der Waals surface area (Å²) in [6, 6.07) is 2.76. The van der Waals surface area contributed by atoms with Crippen LogP contribution in [0.25, 0.3) is 0 Å². The van der Waals surface area contributed by atoms with Crippen LogP contribution in [0.4, 0.5) is 8.78 Å². The molecule has 0 fully saturated rings. The van der Waals surface area contributed by atoms with Gasteiger partial charge in [-0.3, -0.25) is 9.59 Å². The van der Waals surface area contributed by atoms with E-state index in [0.717, 1.165) is 12.1 Å². The van der Waals surface area contributed by atoms with E-state index >= 15 is 0 Å². The average molecular weight is 287 g/mol. The first-order chi connectivity index (χ1) is 9.40. The molecule has 0 saturated heterocycles. The van der Waals surface area contributed by atoms with Crippen molar-refractivity contribution in [1.82, 2.24) is 5.32 Å². The first-order valence-corrected chi connectivity index (χ1v) is 5.97. The number of hydrogen-bond donors (Lipinski definition) is 2. The molecule has 5 nitrogen and oxygen atoms in total. The van der Waals surface area contributed by atoms with E-state index in [0.29, 0.717) is 6.07 Å². The minimum Gasteiger partial charge on any atom is -0.481 e. The van der Waals surface area contributed by atoms with Gasteiger partial charge < -0.3 is 15.2 Å². The monoisotopic (exact) mass is 287 g/mol. The third-order valence-electron chi connectivity index (χ3n) is 2.57. The van der Waals surface area contributed by atoms with Crippen LogP contribution < -0.4 is 10.1 Å². The summed E-state index contributed by atoms with van der Waals surface area (Å²) in [7, 11) is 0. The Balaban J connectivity index is 2.31. The van der Waals surface area contributed by atoms with Gasteiger partial charge in [0.2, 0.25) is 0 Å². The molecule has 7 heteroatoms. The van der Waals surface area contributed by atoms with Crippen LogP contribution in [0.2, 0.25) is 0 Å². The number of halogens is 2. The van der Waals surface area contributed by atoms with E-state index in [1.165, 1.54) is 6.92 Å². The van der Waals surface area contributed by atoms with Crippen molar-refractivity contribution in [3.63, 3.8) is 0 Å². The number of aliphatic carboxylic acids is 1. The molecule has 1 aromatic carbocycles. The molecule has 0 aliphatic heterocycles. The second-order valence-corrected chi connectivity index (χ2v) is 4.24. The van der Waals surface area contributed by atoms with Crippen LogP contribution >= 0.6 is 0 Å². The van der Waals surface area contributed by atoms with Gasteiger partial charge in [-0.1, -0.05) is 6.92 Å². The first kappa shape index (κ1) is 15.9. The number of rotatable bonds is 7. The fourth-order valence-corrected chi connectivity index (χ4v) is 1.34. The summed E-state index contributed by atoms with van der Waals surface area (Å²) < 4.78 is 30.7. The van der Waals surface area contributed by atoms with Crippen LogP contribution in [0.3, 0.4) is 0 Å². The van der Waals surface area contributed by atoms with Crippen LogP contribution in [-0.2, 0) is 9.59 Å². The molecule has 0 aromatic heterocycles. The van der Waals surface area contributed by atoms with Crippen molar-refractivity contribution in [2.45, 2.75) is 13.3 Å². The summed E-state index contributed by atoms with van der Waals surface area (Å²) in [5.41, 5.74) is 0. The molecule has 20 heavy (non-hydrogen) atoms. The number of carbonyl (C=O) groups is 2. The lowest BCUT2D eigenvalue weighted by Gasteiger charge is -2.09. The molecule has 0 radical (unpaired) electrons. The second kappa shape index (κ2) is 7.42.